The van der Waals surface area contributed by atoms with Gasteiger partial charge in [0.25, 0.3) is 0 Å². The van der Waals surface area contributed by atoms with Crippen LogP contribution in [0.3, 0.4) is 0 Å². The van der Waals surface area contributed by atoms with E-state index in [4.69, 9.17) is 4.99 Å². The second kappa shape index (κ2) is 11.2. The molecule has 0 saturated heterocycles. The van der Waals surface area contributed by atoms with Crippen LogP contribution in [0, 0.1) is 13.8 Å². The molecule has 2 rings (SSSR count). The first kappa shape index (κ1) is 24.2. The number of nitrogens with one attached hydrogen (secondary N) is 2. The molecule has 0 aliphatic carbocycles. The van der Waals surface area contributed by atoms with E-state index in [0.29, 0.717) is 6.54 Å². The molecule has 0 amide bonds. The first-order valence-electron chi connectivity index (χ1n) is 9.48. The molecular weight excluding hydrogens is 465 g/mol. The van der Waals surface area contributed by atoms with E-state index in [1.165, 1.54) is 11.3 Å². The fourth-order valence-corrected chi connectivity index (χ4v) is 3.14. The predicted octanol–water partition coefficient (Wildman–Crippen LogP) is 2.80. The molecule has 2 heterocycles. The molecule has 8 heteroatoms. The molecule has 28 heavy (non-hydrogen) atoms. The Morgan fingerprint density at radius 1 is 1.32 bits per heavy atom. The third-order valence-electron chi connectivity index (χ3n) is 4.60. The molecular formula is C20H34IN7. The van der Waals surface area contributed by atoms with Crippen molar-refractivity contribution in [1.29, 1.82) is 0 Å². The molecule has 2 aromatic rings. The lowest BCUT2D eigenvalue weighted by Gasteiger charge is -2.19. The van der Waals surface area contributed by atoms with Crippen LogP contribution in [0.2, 0.25) is 0 Å². The number of pyridine rings is 1. The fourth-order valence-electron chi connectivity index (χ4n) is 3.14. The molecule has 2 aromatic heterocycles. The van der Waals surface area contributed by atoms with Crippen molar-refractivity contribution in [3.05, 3.63) is 40.8 Å². The van der Waals surface area contributed by atoms with Crippen molar-refractivity contribution in [3.8, 4) is 0 Å². The van der Waals surface area contributed by atoms with Gasteiger partial charge in [0.05, 0.1) is 12.2 Å². The summed E-state index contributed by atoms with van der Waals surface area (Å²) >= 11 is 0. The predicted molar refractivity (Wildman–Crippen MR) is 128 cm³/mol. The lowest BCUT2D eigenvalue weighted by atomic mass is 10.1. The molecule has 0 aliphatic rings. The molecule has 1 unspecified atom stereocenters. The monoisotopic (exact) mass is 499 g/mol. The number of rotatable bonds is 7. The highest BCUT2D eigenvalue weighted by Gasteiger charge is 2.14. The maximum absolute atomic E-state index is 4.77. The van der Waals surface area contributed by atoms with Crippen LogP contribution in [0.4, 0.5) is 5.82 Å². The van der Waals surface area contributed by atoms with E-state index >= 15 is 0 Å². The number of halogens is 1. The minimum atomic E-state index is 0. The van der Waals surface area contributed by atoms with Crippen molar-refractivity contribution in [2.45, 2.75) is 46.7 Å². The molecule has 0 bridgehead atoms. The van der Waals surface area contributed by atoms with Crippen LogP contribution in [-0.2, 0) is 20.0 Å². The lowest BCUT2D eigenvalue weighted by Crippen LogP contribution is -2.43. The maximum Gasteiger partial charge on any atom is 0.191 e. The second-order valence-corrected chi connectivity index (χ2v) is 7.10. The van der Waals surface area contributed by atoms with Crippen molar-refractivity contribution < 1.29 is 0 Å². The Kier molecular flexibility index (Phi) is 9.71. The molecule has 0 spiro atoms. The molecule has 0 aromatic carbocycles. The number of aliphatic imine (C=N–C) groups is 1. The summed E-state index contributed by atoms with van der Waals surface area (Å²) in [6.07, 6.45) is 2.72. The van der Waals surface area contributed by atoms with E-state index in [1.807, 2.05) is 43.0 Å². The van der Waals surface area contributed by atoms with Crippen LogP contribution in [0.1, 0.15) is 36.4 Å². The smallest absolute Gasteiger partial charge is 0.191 e. The Labute approximate surface area is 186 Å². The van der Waals surface area contributed by atoms with Crippen molar-refractivity contribution in [3.63, 3.8) is 0 Å². The van der Waals surface area contributed by atoms with Crippen molar-refractivity contribution in [2.24, 2.45) is 12.0 Å². The average molecular weight is 499 g/mol. The van der Waals surface area contributed by atoms with Crippen LogP contribution >= 0.6 is 24.0 Å². The Balaban J connectivity index is 0.00000392. The van der Waals surface area contributed by atoms with Gasteiger partial charge in [-0.15, -0.1) is 24.0 Å². The molecule has 0 fully saturated rings. The number of guanidine groups is 1. The molecule has 0 radical (unpaired) electrons. The van der Waals surface area contributed by atoms with Crippen molar-refractivity contribution in [1.82, 2.24) is 25.4 Å². The molecule has 1 atom stereocenters. The fraction of sp³-hybridized carbons (Fsp3) is 0.550. The van der Waals surface area contributed by atoms with Crippen molar-refractivity contribution >= 4 is 35.8 Å². The van der Waals surface area contributed by atoms with Crippen LogP contribution in [-0.4, -0.2) is 47.4 Å². The minimum Gasteiger partial charge on any atom is -0.362 e. The van der Waals surface area contributed by atoms with E-state index in [9.17, 15) is 0 Å². The van der Waals surface area contributed by atoms with Gasteiger partial charge in [-0.1, -0.05) is 6.07 Å². The average Bonchev–Trinajstić information content (AvgIpc) is 2.86. The van der Waals surface area contributed by atoms with Gasteiger partial charge in [0.2, 0.25) is 0 Å². The van der Waals surface area contributed by atoms with Gasteiger partial charge in [-0.3, -0.25) is 4.68 Å². The normalized spacial score (nSPS) is 12.3. The molecule has 2 N–H and O–H groups in total. The molecule has 0 aliphatic heterocycles. The Morgan fingerprint density at radius 2 is 2.04 bits per heavy atom. The van der Waals surface area contributed by atoms with E-state index < -0.39 is 0 Å². The molecule has 0 saturated carbocycles. The summed E-state index contributed by atoms with van der Waals surface area (Å²) in [4.78, 5) is 11.2. The quantitative estimate of drug-likeness (QED) is 0.349. The minimum absolute atomic E-state index is 0. The van der Waals surface area contributed by atoms with Crippen LogP contribution < -0.4 is 15.5 Å². The third kappa shape index (κ3) is 6.35. The van der Waals surface area contributed by atoms with Gasteiger partial charge in [0, 0.05) is 51.2 Å². The highest BCUT2D eigenvalue weighted by molar-refractivity contribution is 14.0. The standard InChI is InChI=1S/C20H33N7.HI/c1-8-21-20(23-13-17-10-9-11-22-19(17)26(5)6)24-14(2)12-18-15(3)25-27(7)16(18)4;/h9-11,14H,8,12-13H2,1-7H3,(H2,21,23,24);1H. The Bertz CT molecular complexity index is 783. The summed E-state index contributed by atoms with van der Waals surface area (Å²) < 4.78 is 1.95. The lowest BCUT2D eigenvalue weighted by molar-refractivity contribution is 0.635. The van der Waals surface area contributed by atoms with Gasteiger partial charge in [0.15, 0.2) is 5.96 Å². The zero-order valence-electron chi connectivity index (χ0n) is 18.1. The second-order valence-electron chi connectivity index (χ2n) is 7.10. The number of aromatic nitrogens is 3. The zero-order chi connectivity index (χ0) is 20.0. The molecule has 156 valence electrons. The van der Waals surface area contributed by atoms with Crippen molar-refractivity contribution in [2.75, 3.05) is 25.5 Å². The largest absolute Gasteiger partial charge is 0.362 e. The highest BCUT2D eigenvalue weighted by atomic mass is 127. The van der Waals surface area contributed by atoms with Gasteiger partial charge in [-0.05, 0) is 45.7 Å². The topological polar surface area (TPSA) is 70.4 Å². The van der Waals surface area contributed by atoms with Gasteiger partial charge >= 0.3 is 0 Å². The van der Waals surface area contributed by atoms with E-state index in [0.717, 1.165) is 36.0 Å². The van der Waals surface area contributed by atoms with E-state index in [1.54, 1.807) is 0 Å². The summed E-state index contributed by atoms with van der Waals surface area (Å²) in [5.74, 6) is 1.77. The Morgan fingerprint density at radius 3 is 2.61 bits per heavy atom. The van der Waals surface area contributed by atoms with Gasteiger partial charge in [0.1, 0.15) is 5.82 Å². The Hall–Kier alpha value is -1.84. The van der Waals surface area contributed by atoms with Crippen LogP contribution in [0.25, 0.3) is 0 Å². The number of anilines is 1. The van der Waals surface area contributed by atoms with Crippen LogP contribution in [0.15, 0.2) is 23.3 Å². The van der Waals surface area contributed by atoms with Gasteiger partial charge < -0.3 is 15.5 Å². The summed E-state index contributed by atoms with van der Waals surface area (Å²) in [7, 11) is 5.99. The first-order chi connectivity index (χ1) is 12.8. The highest BCUT2D eigenvalue weighted by Crippen LogP contribution is 2.16. The summed E-state index contributed by atoms with van der Waals surface area (Å²) in [6, 6.07) is 4.27. The summed E-state index contributed by atoms with van der Waals surface area (Å²) in [6.45, 7) is 9.83. The molecule has 7 nitrogen and oxygen atoms in total. The summed E-state index contributed by atoms with van der Waals surface area (Å²) in [5.41, 5.74) is 4.72. The number of aryl methyl sites for hydroxylation is 2. The van der Waals surface area contributed by atoms with Gasteiger partial charge in [-0.25, -0.2) is 9.98 Å². The van der Waals surface area contributed by atoms with Crippen LogP contribution in [0.5, 0.6) is 0 Å². The van der Waals surface area contributed by atoms with E-state index in [-0.39, 0.29) is 30.0 Å². The van der Waals surface area contributed by atoms with E-state index in [2.05, 4.69) is 54.5 Å². The number of hydrogen-bond donors (Lipinski definition) is 2. The number of nitrogens with zero attached hydrogens (tertiary/aromatic N) is 5. The third-order valence-corrected chi connectivity index (χ3v) is 4.60. The first-order valence-corrected chi connectivity index (χ1v) is 9.48. The SMILES string of the molecule is CCNC(=NCc1cccnc1N(C)C)NC(C)Cc1c(C)nn(C)c1C.I. The summed E-state index contributed by atoms with van der Waals surface area (Å²) in [5, 5.41) is 11.4. The van der Waals surface area contributed by atoms with Gasteiger partial charge in [-0.2, -0.15) is 5.10 Å². The number of hydrogen-bond acceptors (Lipinski definition) is 4. The zero-order valence-corrected chi connectivity index (χ0v) is 20.4. The maximum atomic E-state index is 4.77.